The molecule has 0 fully saturated rings. The molecule has 1 amide bonds. The topological polar surface area (TPSA) is 79.5 Å². The maximum Gasteiger partial charge on any atom is 0.291 e. The fraction of sp³-hybridized carbons (Fsp3) is 0.0526. The summed E-state index contributed by atoms with van der Waals surface area (Å²) in [7, 11) is 0. The Morgan fingerprint density at radius 1 is 1.25 bits per heavy atom. The van der Waals surface area contributed by atoms with Gasteiger partial charge in [0.25, 0.3) is 5.91 Å². The Labute approximate surface area is 139 Å². The number of nitrogens with one attached hydrogen (secondary N) is 1. The van der Waals surface area contributed by atoms with Gasteiger partial charge < -0.3 is 14.8 Å². The molecule has 0 saturated heterocycles. The molecule has 0 atom stereocenters. The zero-order valence-electron chi connectivity index (χ0n) is 12.9. The van der Waals surface area contributed by atoms with Crippen LogP contribution in [0.5, 0.6) is 5.75 Å². The number of aromatic hydroxyl groups is 1. The molecule has 0 bridgehead atoms. The Morgan fingerprint density at radius 2 is 2.00 bits per heavy atom. The van der Waals surface area contributed by atoms with E-state index in [4.69, 9.17) is 4.42 Å². The van der Waals surface area contributed by atoms with Crippen molar-refractivity contribution in [2.75, 3.05) is 6.54 Å². The largest absolute Gasteiger partial charge is 0.501 e. The number of hydrogen-bond acceptors (Lipinski definition) is 4. The first-order valence-electron chi connectivity index (χ1n) is 7.25. The molecule has 5 heteroatoms. The highest BCUT2D eigenvalue weighted by Crippen LogP contribution is 2.10. The third-order valence-electron chi connectivity index (χ3n) is 3.17. The van der Waals surface area contributed by atoms with Crippen molar-refractivity contribution in [2.24, 2.45) is 0 Å². The van der Waals surface area contributed by atoms with Crippen LogP contribution in [0.3, 0.4) is 0 Å². The van der Waals surface area contributed by atoms with Gasteiger partial charge in [-0.25, -0.2) is 0 Å². The van der Waals surface area contributed by atoms with Gasteiger partial charge in [0.15, 0.2) is 0 Å². The third kappa shape index (κ3) is 4.58. The van der Waals surface area contributed by atoms with Crippen LogP contribution in [-0.2, 0) is 0 Å². The summed E-state index contributed by atoms with van der Waals surface area (Å²) in [5, 5.41) is 12.1. The van der Waals surface area contributed by atoms with Crippen LogP contribution in [0, 0.1) is 0 Å². The van der Waals surface area contributed by atoms with Crippen molar-refractivity contribution in [1.82, 2.24) is 5.32 Å². The molecule has 1 aromatic heterocycles. The molecular formula is C19H17NO4. The van der Waals surface area contributed by atoms with Crippen LogP contribution < -0.4 is 10.7 Å². The van der Waals surface area contributed by atoms with E-state index in [1.54, 1.807) is 12.2 Å². The van der Waals surface area contributed by atoms with Crippen LogP contribution in [-0.4, -0.2) is 17.6 Å². The average molecular weight is 323 g/mol. The van der Waals surface area contributed by atoms with Gasteiger partial charge in [0.2, 0.25) is 16.9 Å². The lowest BCUT2D eigenvalue weighted by Crippen LogP contribution is -2.26. The van der Waals surface area contributed by atoms with E-state index >= 15 is 0 Å². The van der Waals surface area contributed by atoms with Gasteiger partial charge in [-0.2, -0.15) is 0 Å². The monoisotopic (exact) mass is 323 g/mol. The molecule has 1 heterocycles. The van der Waals surface area contributed by atoms with E-state index in [1.165, 1.54) is 0 Å². The summed E-state index contributed by atoms with van der Waals surface area (Å²) < 4.78 is 4.88. The Balaban J connectivity index is 2.00. The molecule has 5 nitrogen and oxygen atoms in total. The summed E-state index contributed by atoms with van der Waals surface area (Å²) in [5.74, 6) is -1.79. The Morgan fingerprint density at radius 3 is 2.71 bits per heavy atom. The van der Waals surface area contributed by atoms with Crippen molar-refractivity contribution in [3.63, 3.8) is 0 Å². The molecule has 24 heavy (non-hydrogen) atoms. The highest BCUT2D eigenvalue weighted by atomic mass is 16.4. The standard InChI is InChI=1S/C19H17NO4/c1-2-14(9-6-10-15-7-4-3-5-8-15)13-20-19(23)18-17(22)16(21)11-12-24-18/h2-12,22H,1,13H2,(H,20,23)/b10-6+,14-9+. The first-order chi connectivity index (χ1) is 11.6. The lowest BCUT2D eigenvalue weighted by molar-refractivity contribution is 0.0922. The number of carbonyl (C=O) groups is 1. The van der Waals surface area contributed by atoms with Gasteiger partial charge in [-0.1, -0.05) is 61.2 Å². The quantitative estimate of drug-likeness (QED) is 0.801. The van der Waals surface area contributed by atoms with Crippen LogP contribution in [0.1, 0.15) is 16.1 Å². The highest BCUT2D eigenvalue weighted by molar-refractivity contribution is 5.93. The molecule has 122 valence electrons. The van der Waals surface area contributed by atoms with E-state index in [0.29, 0.717) is 0 Å². The normalized spacial score (nSPS) is 11.4. The van der Waals surface area contributed by atoms with Crippen molar-refractivity contribution in [3.8, 4) is 5.75 Å². The maximum atomic E-state index is 12.0. The molecule has 0 spiro atoms. The summed E-state index contributed by atoms with van der Waals surface area (Å²) in [6.07, 6.45) is 8.24. The summed E-state index contributed by atoms with van der Waals surface area (Å²) in [5.41, 5.74) is 1.14. The number of benzene rings is 1. The van der Waals surface area contributed by atoms with Crippen LogP contribution >= 0.6 is 0 Å². The van der Waals surface area contributed by atoms with Crippen molar-refractivity contribution < 1.29 is 14.3 Å². The van der Waals surface area contributed by atoms with E-state index in [2.05, 4.69) is 11.9 Å². The number of hydrogen-bond donors (Lipinski definition) is 2. The molecule has 2 N–H and O–H groups in total. The lowest BCUT2D eigenvalue weighted by atomic mass is 10.2. The van der Waals surface area contributed by atoms with E-state index in [0.717, 1.165) is 23.5 Å². The summed E-state index contributed by atoms with van der Waals surface area (Å²) in [6.45, 7) is 3.87. The third-order valence-corrected chi connectivity index (χ3v) is 3.17. The van der Waals surface area contributed by atoms with Gasteiger partial charge in [-0.15, -0.1) is 0 Å². The number of rotatable bonds is 6. The summed E-state index contributed by atoms with van der Waals surface area (Å²) in [6, 6.07) is 10.8. The second kappa shape index (κ2) is 8.33. The first kappa shape index (κ1) is 17.0. The summed E-state index contributed by atoms with van der Waals surface area (Å²) in [4.78, 5) is 23.2. The van der Waals surface area contributed by atoms with E-state index in [-0.39, 0.29) is 6.54 Å². The van der Waals surface area contributed by atoms with Gasteiger partial charge in [-0.3, -0.25) is 9.59 Å². The van der Waals surface area contributed by atoms with Crippen molar-refractivity contribution >= 4 is 12.0 Å². The molecule has 0 radical (unpaired) electrons. The van der Waals surface area contributed by atoms with E-state index < -0.39 is 22.8 Å². The molecule has 2 aromatic rings. The predicted octanol–water partition coefficient (Wildman–Crippen LogP) is 2.90. The number of carbonyl (C=O) groups excluding carboxylic acids is 1. The fourth-order valence-corrected chi connectivity index (χ4v) is 1.88. The van der Waals surface area contributed by atoms with Gasteiger partial charge in [0.1, 0.15) is 0 Å². The van der Waals surface area contributed by atoms with Crippen LogP contribution in [0.2, 0.25) is 0 Å². The lowest BCUT2D eigenvalue weighted by Gasteiger charge is -2.05. The minimum absolute atomic E-state index is 0.180. The van der Waals surface area contributed by atoms with Crippen LogP contribution in [0.4, 0.5) is 0 Å². The SMILES string of the molecule is C=C/C(=C\C=C\c1ccccc1)CNC(=O)c1occc(=O)c1O. The minimum Gasteiger partial charge on any atom is -0.501 e. The molecule has 0 aliphatic rings. The van der Waals surface area contributed by atoms with Gasteiger partial charge in [0, 0.05) is 12.6 Å². The maximum absolute atomic E-state index is 12.0. The number of allylic oxidation sites excluding steroid dienone is 2. The molecule has 0 aliphatic heterocycles. The molecule has 0 aliphatic carbocycles. The van der Waals surface area contributed by atoms with Crippen molar-refractivity contribution in [3.05, 3.63) is 94.6 Å². The van der Waals surface area contributed by atoms with Crippen molar-refractivity contribution in [2.45, 2.75) is 0 Å². The molecule has 1 aromatic carbocycles. The van der Waals surface area contributed by atoms with Gasteiger partial charge >= 0.3 is 0 Å². The molecule has 2 rings (SSSR count). The first-order valence-corrected chi connectivity index (χ1v) is 7.25. The van der Waals surface area contributed by atoms with Crippen LogP contribution in [0.15, 0.2) is 82.3 Å². The zero-order valence-corrected chi connectivity index (χ0v) is 12.9. The number of amides is 1. The Bertz CT molecular complexity index is 832. The van der Waals surface area contributed by atoms with Gasteiger partial charge in [0.05, 0.1) is 6.26 Å². The Hall–Kier alpha value is -3.34. The second-order valence-corrected chi connectivity index (χ2v) is 4.86. The summed E-state index contributed by atoms with van der Waals surface area (Å²) >= 11 is 0. The predicted molar refractivity (Wildman–Crippen MR) is 92.7 cm³/mol. The smallest absolute Gasteiger partial charge is 0.291 e. The second-order valence-electron chi connectivity index (χ2n) is 4.86. The van der Waals surface area contributed by atoms with E-state index in [9.17, 15) is 14.7 Å². The van der Waals surface area contributed by atoms with Gasteiger partial charge in [-0.05, 0) is 11.1 Å². The van der Waals surface area contributed by atoms with Crippen LogP contribution in [0.25, 0.3) is 6.08 Å². The van der Waals surface area contributed by atoms with Crippen molar-refractivity contribution in [1.29, 1.82) is 0 Å². The Kier molecular flexibility index (Phi) is 5.91. The highest BCUT2D eigenvalue weighted by Gasteiger charge is 2.16. The molecule has 0 saturated carbocycles. The molecule has 0 unspecified atom stereocenters. The molecular weight excluding hydrogens is 306 g/mol. The minimum atomic E-state index is -0.705. The van der Waals surface area contributed by atoms with E-state index in [1.807, 2.05) is 42.5 Å². The zero-order chi connectivity index (χ0) is 17.4. The fourth-order valence-electron chi connectivity index (χ4n) is 1.88. The average Bonchev–Trinajstić information content (AvgIpc) is 2.61.